The molecule has 0 saturated heterocycles. The van der Waals surface area contributed by atoms with E-state index in [-0.39, 0.29) is 12.0 Å². The highest BCUT2D eigenvalue weighted by atomic mass is 16.3. The number of rotatable bonds is 6. The smallest absolute Gasteiger partial charge is 0.0502 e. The Bertz CT molecular complexity index is 421. The second-order valence-electron chi connectivity index (χ2n) is 6.59. The molecule has 1 atom stereocenters. The van der Waals surface area contributed by atoms with E-state index >= 15 is 0 Å². The molecule has 0 aromatic heterocycles. The number of benzene rings is 1. The van der Waals surface area contributed by atoms with Gasteiger partial charge in [-0.15, -0.1) is 0 Å². The van der Waals surface area contributed by atoms with Crippen LogP contribution in [0.3, 0.4) is 0 Å². The zero-order valence-corrected chi connectivity index (χ0v) is 12.3. The number of aryl methyl sites for hydroxylation is 2. The number of aliphatic hydroxyl groups is 1. The van der Waals surface area contributed by atoms with Crippen molar-refractivity contribution in [3.63, 3.8) is 0 Å². The van der Waals surface area contributed by atoms with Gasteiger partial charge in [0.2, 0.25) is 0 Å². The molecule has 19 heavy (non-hydrogen) atoms. The minimum atomic E-state index is -0.152. The molecule has 1 aromatic carbocycles. The third-order valence-electron chi connectivity index (χ3n) is 4.35. The summed E-state index contributed by atoms with van der Waals surface area (Å²) in [6.07, 6.45) is 5.60. The van der Waals surface area contributed by atoms with Crippen LogP contribution in [0.15, 0.2) is 18.2 Å². The molecule has 2 nitrogen and oxygen atoms in total. The molecule has 0 bridgehead atoms. The first-order valence-electron chi connectivity index (χ1n) is 7.50. The van der Waals surface area contributed by atoms with Crippen LogP contribution in [0.4, 0.5) is 0 Å². The summed E-state index contributed by atoms with van der Waals surface area (Å²) in [5.41, 5.74) is 10.2. The quantitative estimate of drug-likeness (QED) is 0.827. The highest BCUT2D eigenvalue weighted by Gasteiger charge is 2.29. The second kappa shape index (κ2) is 6.06. The predicted molar refractivity (Wildman–Crippen MR) is 80.2 cm³/mol. The van der Waals surface area contributed by atoms with Crippen molar-refractivity contribution in [3.05, 3.63) is 34.9 Å². The molecular formula is C17H27NO. The van der Waals surface area contributed by atoms with Crippen LogP contribution in [0.1, 0.15) is 43.4 Å². The molecule has 1 aliphatic carbocycles. The molecule has 1 aromatic rings. The van der Waals surface area contributed by atoms with Crippen molar-refractivity contribution in [1.82, 2.24) is 0 Å². The van der Waals surface area contributed by atoms with E-state index in [1.165, 1.54) is 36.0 Å². The zero-order valence-electron chi connectivity index (χ0n) is 12.3. The van der Waals surface area contributed by atoms with Crippen molar-refractivity contribution in [2.24, 2.45) is 17.1 Å². The summed E-state index contributed by atoms with van der Waals surface area (Å²) in [7, 11) is 0. The molecule has 1 unspecified atom stereocenters. The summed E-state index contributed by atoms with van der Waals surface area (Å²) in [4.78, 5) is 0. The molecule has 0 radical (unpaired) electrons. The first-order valence-corrected chi connectivity index (χ1v) is 7.50. The molecule has 2 rings (SSSR count). The number of nitrogens with two attached hydrogens (primary N) is 1. The predicted octanol–water partition coefficient (Wildman–Crippen LogP) is 2.70. The largest absolute Gasteiger partial charge is 0.396 e. The van der Waals surface area contributed by atoms with Gasteiger partial charge >= 0.3 is 0 Å². The van der Waals surface area contributed by atoms with Crippen molar-refractivity contribution >= 4 is 0 Å². The number of hydrogen-bond donors (Lipinski definition) is 2. The van der Waals surface area contributed by atoms with Crippen LogP contribution in [0.5, 0.6) is 0 Å². The Labute approximate surface area is 117 Å². The number of fused-ring (bicyclic) bond motifs is 1. The molecule has 0 saturated carbocycles. The number of aliphatic hydroxyl groups excluding tert-OH is 1. The summed E-state index contributed by atoms with van der Waals surface area (Å²) < 4.78 is 0. The van der Waals surface area contributed by atoms with Gasteiger partial charge in [0.1, 0.15) is 0 Å². The van der Waals surface area contributed by atoms with E-state index in [1.807, 2.05) is 0 Å². The van der Waals surface area contributed by atoms with Crippen molar-refractivity contribution in [3.8, 4) is 0 Å². The monoisotopic (exact) mass is 261 g/mol. The molecule has 0 amide bonds. The van der Waals surface area contributed by atoms with Gasteiger partial charge in [0, 0.05) is 12.0 Å². The SMILES string of the molecule is CC(C)CC(CN)(CO)Cc1ccc2c(c1)CCC2. The molecule has 3 N–H and O–H groups in total. The molecule has 0 aliphatic heterocycles. The van der Waals surface area contributed by atoms with Gasteiger partial charge < -0.3 is 10.8 Å². The fourth-order valence-corrected chi connectivity index (χ4v) is 3.45. The van der Waals surface area contributed by atoms with Crippen LogP contribution in [0.2, 0.25) is 0 Å². The van der Waals surface area contributed by atoms with E-state index in [2.05, 4.69) is 32.0 Å². The molecule has 0 fully saturated rings. The van der Waals surface area contributed by atoms with Crippen LogP contribution in [-0.4, -0.2) is 18.3 Å². The van der Waals surface area contributed by atoms with Gasteiger partial charge in [-0.25, -0.2) is 0 Å². The van der Waals surface area contributed by atoms with Crippen LogP contribution in [0, 0.1) is 11.3 Å². The topological polar surface area (TPSA) is 46.2 Å². The Morgan fingerprint density at radius 2 is 2.00 bits per heavy atom. The van der Waals surface area contributed by atoms with Crippen molar-refractivity contribution < 1.29 is 5.11 Å². The average molecular weight is 261 g/mol. The molecule has 2 heteroatoms. The van der Waals surface area contributed by atoms with E-state index < -0.39 is 0 Å². The van der Waals surface area contributed by atoms with Crippen LogP contribution in [0.25, 0.3) is 0 Å². The Balaban J connectivity index is 2.17. The minimum absolute atomic E-state index is 0.152. The molecular weight excluding hydrogens is 234 g/mol. The van der Waals surface area contributed by atoms with Crippen LogP contribution >= 0.6 is 0 Å². The van der Waals surface area contributed by atoms with Crippen LogP contribution < -0.4 is 5.73 Å². The van der Waals surface area contributed by atoms with Crippen LogP contribution in [-0.2, 0) is 19.3 Å². The standard InChI is InChI=1S/C17H27NO/c1-13(2)9-17(11-18,12-19)10-14-6-7-15-4-3-5-16(15)8-14/h6-8,13,19H,3-5,9-12,18H2,1-2H3. The lowest BCUT2D eigenvalue weighted by atomic mass is 9.76. The van der Waals surface area contributed by atoms with Crippen molar-refractivity contribution in [2.75, 3.05) is 13.2 Å². The highest BCUT2D eigenvalue weighted by molar-refractivity contribution is 5.35. The van der Waals surface area contributed by atoms with Crippen molar-refractivity contribution in [2.45, 2.75) is 46.0 Å². The Hall–Kier alpha value is -0.860. The number of hydrogen-bond acceptors (Lipinski definition) is 2. The maximum absolute atomic E-state index is 9.80. The third-order valence-corrected chi connectivity index (χ3v) is 4.35. The average Bonchev–Trinajstić information content (AvgIpc) is 2.84. The van der Waals surface area contributed by atoms with E-state index in [0.29, 0.717) is 12.5 Å². The fraction of sp³-hybridized carbons (Fsp3) is 0.647. The summed E-state index contributed by atoms with van der Waals surface area (Å²) in [5.74, 6) is 0.560. The maximum Gasteiger partial charge on any atom is 0.0502 e. The third kappa shape index (κ3) is 3.37. The highest BCUT2D eigenvalue weighted by Crippen LogP contribution is 2.31. The zero-order chi connectivity index (χ0) is 13.9. The van der Waals surface area contributed by atoms with Gasteiger partial charge in [-0.1, -0.05) is 32.0 Å². The van der Waals surface area contributed by atoms with Gasteiger partial charge in [0.25, 0.3) is 0 Å². The van der Waals surface area contributed by atoms with E-state index in [1.54, 1.807) is 0 Å². The Kier molecular flexibility index (Phi) is 4.64. The summed E-state index contributed by atoms with van der Waals surface area (Å²) in [5, 5.41) is 9.80. The molecule has 106 valence electrons. The molecule has 0 spiro atoms. The maximum atomic E-state index is 9.80. The van der Waals surface area contributed by atoms with Gasteiger partial charge in [0.15, 0.2) is 0 Å². The summed E-state index contributed by atoms with van der Waals surface area (Å²) in [6, 6.07) is 6.83. The van der Waals surface area contributed by atoms with Crippen molar-refractivity contribution in [1.29, 1.82) is 0 Å². The fourth-order valence-electron chi connectivity index (χ4n) is 3.45. The lowest BCUT2D eigenvalue weighted by Gasteiger charge is -2.32. The lowest BCUT2D eigenvalue weighted by molar-refractivity contribution is 0.108. The Morgan fingerprint density at radius 1 is 1.26 bits per heavy atom. The summed E-state index contributed by atoms with van der Waals surface area (Å²) >= 11 is 0. The van der Waals surface area contributed by atoms with Gasteiger partial charge in [0.05, 0.1) is 6.61 Å². The summed E-state index contributed by atoms with van der Waals surface area (Å²) in [6.45, 7) is 5.13. The lowest BCUT2D eigenvalue weighted by Crippen LogP contribution is -2.37. The first-order chi connectivity index (χ1) is 9.08. The Morgan fingerprint density at radius 3 is 2.63 bits per heavy atom. The first kappa shape index (κ1) is 14.5. The van der Waals surface area contributed by atoms with Gasteiger partial charge in [-0.3, -0.25) is 0 Å². The van der Waals surface area contributed by atoms with Gasteiger partial charge in [-0.05, 0) is 54.7 Å². The molecule has 0 heterocycles. The second-order valence-corrected chi connectivity index (χ2v) is 6.59. The van der Waals surface area contributed by atoms with E-state index in [0.717, 1.165) is 12.8 Å². The van der Waals surface area contributed by atoms with E-state index in [9.17, 15) is 5.11 Å². The molecule has 1 aliphatic rings. The minimum Gasteiger partial charge on any atom is -0.396 e. The normalized spacial score (nSPS) is 17.5. The van der Waals surface area contributed by atoms with Gasteiger partial charge in [-0.2, -0.15) is 0 Å². The van der Waals surface area contributed by atoms with E-state index in [4.69, 9.17) is 5.73 Å².